The Bertz CT molecular complexity index is 276. The van der Waals surface area contributed by atoms with Crippen molar-refractivity contribution in [2.75, 3.05) is 0 Å². The maximum Gasteiger partial charge on any atom is 0.673 e. The largest absolute Gasteiger partial charge is 0.673 e. The molecule has 1 aromatic rings. The van der Waals surface area contributed by atoms with Crippen LogP contribution in [0, 0.1) is 6.92 Å². The summed E-state index contributed by atoms with van der Waals surface area (Å²) in [4.78, 5) is 0. The smallest absolute Gasteiger partial charge is 0.418 e. The van der Waals surface area contributed by atoms with Crippen molar-refractivity contribution in [3.63, 3.8) is 0 Å². The lowest BCUT2D eigenvalue weighted by molar-refractivity contribution is -0.698. The van der Waals surface area contributed by atoms with Crippen molar-refractivity contribution in [1.82, 2.24) is 4.57 Å². The van der Waals surface area contributed by atoms with Crippen molar-refractivity contribution >= 4 is 7.25 Å². The molecule has 0 amide bonds. The molecule has 1 heterocycles. The molecule has 0 unspecified atom stereocenters. The molecule has 0 atom stereocenters. The first-order valence-corrected chi connectivity index (χ1v) is 4.13. The molecular formula is C7H13BF4N2. The van der Waals surface area contributed by atoms with Gasteiger partial charge in [-0.1, -0.05) is 0 Å². The van der Waals surface area contributed by atoms with Gasteiger partial charge < -0.3 is 17.3 Å². The fraction of sp³-hybridized carbons (Fsp3) is 0.571. The molecule has 0 saturated carbocycles. The Balaban J connectivity index is 0.000000292. The van der Waals surface area contributed by atoms with E-state index in [1.807, 2.05) is 7.05 Å². The summed E-state index contributed by atoms with van der Waals surface area (Å²) in [6, 6.07) is 0. The molecule has 0 aliphatic rings. The number of halogens is 4. The van der Waals surface area contributed by atoms with Crippen molar-refractivity contribution in [1.29, 1.82) is 0 Å². The second-order valence-corrected chi connectivity index (χ2v) is 2.83. The van der Waals surface area contributed by atoms with Crippen LogP contribution in [0.3, 0.4) is 0 Å². The van der Waals surface area contributed by atoms with Gasteiger partial charge in [0.25, 0.3) is 0 Å². The summed E-state index contributed by atoms with van der Waals surface area (Å²) in [7, 11) is -3.96. The second-order valence-electron chi connectivity index (χ2n) is 2.83. The SMILES string of the molecule is CC[n+]1cn(C)cc1C.F[B-](F)(F)F. The molecule has 0 aliphatic carbocycles. The molecule has 0 N–H and O–H groups in total. The third-order valence-corrected chi connectivity index (χ3v) is 1.51. The Hall–Kier alpha value is -1.01. The van der Waals surface area contributed by atoms with Gasteiger partial charge in [-0.05, 0) is 6.92 Å². The number of hydrogen-bond donors (Lipinski definition) is 0. The van der Waals surface area contributed by atoms with Crippen molar-refractivity contribution in [2.24, 2.45) is 7.05 Å². The van der Waals surface area contributed by atoms with E-state index in [-0.39, 0.29) is 0 Å². The predicted molar refractivity (Wildman–Crippen MR) is 46.2 cm³/mol. The summed E-state index contributed by atoms with van der Waals surface area (Å²) in [6.07, 6.45) is 4.21. The van der Waals surface area contributed by atoms with Gasteiger partial charge in [-0.2, -0.15) is 0 Å². The molecular weight excluding hydrogens is 199 g/mol. The quantitative estimate of drug-likeness (QED) is 0.382. The number of nitrogens with zero attached hydrogens (tertiary/aromatic N) is 2. The molecule has 0 fully saturated rings. The monoisotopic (exact) mass is 212 g/mol. The van der Waals surface area contributed by atoms with E-state index in [2.05, 4.69) is 35.5 Å². The number of aryl methyl sites for hydroxylation is 3. The Morgan fingerprint density at radius 2 is 1.79 bits per heavy atom. The molecule has 0 spiro atoms. The topological polar surface area (TPSA) is 8.81 Å². The molecule has 2 nitrogen and oxygen atoms in total. The Morgan fingerprint density at radius 3 is 1.93 bits per heavy atom. The molecule has 14 heavy (non-hydrogen) atoms. The zero-order chi connectivity index (χ0) is 11.4. The highest BCUT2D eigenvalue weighted by molar-refractivity contribution is 6.50. The first-order chi connectivity index (χ1) is 6.24. The summed E-state index contributed by atoms with van der Waals surface area (Å²) in [5, 5.41) is 0. The lowest BCUT2D eigenvalue weighted by atomic mass is 10.3. The average molecular weight is 212 g/mol. The van der Waals surface area contributed by atoms with E-state index in [1.54, 1.807) is 0 Å². The molecule has 0 bridgehead atoms. The zero-order valence-corrected chi connectivity index (χ0v) is 8.35. The Labute approximate surface area is 80.3 Å². The van der Waals surface area contributed by atoms with E-state index < -0.39 is 7.25 Å². The van der Waals surface area contributed by atoms with Crippen LogP contribution in [0.25, 0.3) is 0 Å². The van der Waals surface area contributed by atoms with E-state index in [9.17, 15) is 17.3 Å². The highest BCUT2D eigenvalue weighted by Crippen LogP contribution is 2.06. The van der Waals surface area contributed by atoms with E-state index in [1.165, 1.54) is 5.69 Å². The number of aromatic nitrogens is 2. The zero-order valence-electron chi connectivity index (χ0n) is 8.35. The van der Waals surface area contributed by atoms with Gasteiger partial charge in [-0.25, -0.2) is 9.13 Å². The molecule has 0 aromatic carbocycles. The van der Waals surface area contributed by atoms with Crippen molar-refractivity contribution < 1.29 is 21.8 Å². The first-order valence-electron chi connectivity index (χ1n) is 4.13. The van der Waals surface area contributed by atoms with Crippen molar-refractivity contribution in [3.05, 3.63) is 18.2 Å². The standard InChI is InChI=1S/C7H13N2.BF4/c1-4-9-6-8(3)5-7(9)2;2-1(3,4)5/h5-6H,4H2,1-3H3;/q+1;-1. The van der Waals surface area contributed by atoms with Gasteiger partial charge in [0, 0.05) is 6.92 Å². The summed E-state index contributed by atoms with van der Waals surface area (Å²) in [5.74, 6) is 0. The molecule has 1 rings (SSSR count). The summed E-state index contributed by atoms with van der Waals surface area (Å²) in [6.45, 7) is 5.32. The van der Waals surface area contributed by atoms with Gasteiger partial charge in [-0.15, -0.1) is 0 Å². The predicted octanol–water partition coefficient (Wildman–Crippen LogP) is 1.94. The summed E-state index contributed by atoms with van der Waals surface area (Å²) >= 11 is 0. The van der Waals surface area contributed by atoms with Crippen LogP contribution in [0.15, 0.2) is 12.5 Å². The van der Waals surface area contributed by atoms with Crippen LogP contribution in [0.5, 0.6) is 0 Å². The van der Waals surface area contributed by atoms with Crippen LogP contribution < -0.4 is 4.57 Å². The normalized spacial score (nSPS) is 10.8. The van der Waals surface area contributed by atoms with Crippen molar-refractivity contribution in [3.8, 4) is 0 Å². The van der Waals surface area contributed by atoms with Crippen LogP contribution in [0.1, 0.15) is 12.6 Å². The first kappa shape index (κ1) is 13.0. The average Bonchev–Trinajstić information content (AvgIpc) is 2.25. The van der Waals surface area contributed by atoms with Gasteiger partial charge in [-0.3, -0.25) is 0 Å². The minimum absolute atomic E-state index is 1.06. The van der Waals surface area contributed by atoms with Crippen LogP contribution in [-0.4, -0.2) is 11.8 Å². The van der Waals surface area contributed by atoms with E-state index in [0.29, 0.717) is 0 Å². The van der Waals surface area contributed by atoms with Gasteiger partial charge in [0.15, 0.2) is 0 Å². The Morgan fingerprint density at radius 1 is 1.36 bits per heavy atom. The van der Waals surface area contributed by atoms with E-state index in [4.69, 9.17) is 0 Å². The molecule has 0 radical (unpaired) electrons. The third kappa shape index (κ3) is 6.50. The van der Waals surface area contributed by atoms with E-state index >= 15 is 0 Å². The number of imidazole rings is 1. The highest BCUT2D eigenvalue weighted by atomic mass is 19.5. The molecule has 82 valence electrons. The maximum absolute atomic E-state index is 9.75. The fourth-order valence-corrected chi connectivity index (χ4v) is 1.04. The minimum Gasteiger partial charge on any atom is -0.418 e. The number of rotatable bonds is 1. The van der Waals surface area contributed by atoms with E-state index in [0.717, 1.165) is 6.54 Å². The van der Waals surface area contributed by atoms with Gasteiger partial charge in [0.2, 0.25) is 6.33 Å². The summed E-state index contributed by atoms with van der Waals surface area (Å²) in [5.41, 5.74) is 1.32. The Kier molecular flexibility index (Phi) is 4.66. The van der Waals surface area contributed by atoms with Crippen LogP contribution >= 0.6 is 0 Å². The molecule has 0 saturated heterocycles. The lowest BCUT2D eigenvalue weighted by Gasteiger charge is -1.94. The summed E-state index contributed by atoms with van der Waals surface area (Å²) < 4.78 is 43.3. The van der Waals surface area contributed by atoms with Crippen molar-refractivity contribution in [2.45, 2.75) is 20.4 Å². The molecule has 7 heteroatoms. The number of hydrogen-bond acceptors (Lipinski definition) is 0. The lowest BCUT2D eigenvalue weighted by Crippen LogP contribution is -2.32. The fourth-order valence-electron chi connectivity index (χ4n) is 1.04. The van der Waals surface area contributed by atoms with Crippen LogP contribution in [0.2, 0.25) is 0 Å². The molecule has 1 aromatic heterocycles. The van der Waals surface area contributed by atoms with Gasteiger partial charge in [0.05, 0.1) is 13.6 Å². The van der Waals surface area contributed by atoms with Crippen LogP contribution in [0.4, 0.5) is 17.3 Å². The third-order valence-electron chi connectivity index (χ3n) is 1.51. The second kappa shape index (κ2) is 5.02. The minimum atomic E-state index is -6.00. The van der Waals surface area contributed by atoms with Gasteiger partial charge >= 0.3 is 7.25 Å². The van der Waals surface area contributed by atoms with Gasteiger partial charge in [0.1, 0.15) is 11.9 Å². The van der Waals surface area contributed by atoms with Crippen LogP contribution in [-0.2, 0) is 13.6 Å². The maximum atomic E-state index is 9.75. The highest BCUT2D eigenvalue weighted by Gasteiger charge is 2.20. The molecule has 0 aliphatic heterocycles.